The molecule has 3 aromatic rings. The average molecular weight is 360 g/mol. The number of ether oxygens (including phenoxy) is 1. The molecule has 0 radical (unpaired) electrons. The summed E-state index contributed by atoms with van der Waals surface area (Å²) in [5.41, 5.74) is 6.65. The van der Waals surface area contributed by atoms with Gasteiger partial charge in [-0.15, -0.1) is 0 Å². The zero-order valence-electron chi connectivity index (χ0n) is 13.8. The zero-order chi connectivity index (χ0) is 18.0. The Kier molecular flexibility index (Phi) is 5.00. The molecule has 0 fully saturated rings. The molecule has 1 aromatic carbocycles. The fraction of sp³-hybridized carbons (Fsp3) is 0.235. The van der Waals surface area contributed by atoms with Crippen molar-refractivity contribution in [2.45, 2.75) is 11.7 Å². The number of hydrogen-bond acceptors (Lipinski definition) is 6. The molecule has 0 bridgehead atoms. The Balaban J connectivity index is 2.27. The fourth-order valence-corrected chi connectivity index (χ4v) is 2.87. The quantitative estimate of drug-likeness (QED) is 0.428. The number of aromatic nitrogens is 3. The highest BCUT2D eigenvalue weighted by molar-refractivity contribution is 7.98. The molecule has 0 saturated heterocycles. The minimum absolute atomic E-state index is 0.0391. The number of thioether (sulfide) groups is 1. The second-order valence-electron chi connectivity index (χ2n) is 5.38. The van der Waals surface area contributed by atoms with E-state index in [2.05, 4.69) is 9.97 Å². The lowest BCUT2D eigenvalue weighted by atomic mass is 10.1. The van der Waals surface area contributed by atoms with Crippen LogP contribution in [-0.2, 0) is 11.3 Å². The minimum Gasteiger partial charge on any atom is -0.396 e. The van der Waals surface area contributed by atoms with Gasteiger partial charge in [0.05, 0.1) is 18.8 Å². The Labute approximate surface area is 147 Å². The summed E-state index contributed by atoms with van der Waals surface area (Å²) in [4.78, 5) is 21.7. The second-order valence-corrected chi connectivity index (χ2v) is 6.15. The number of halogens is 1. The average Bonchev–Trinajstić information content (AvgIpc) is 2.62. The van der Waals surface area contributed by atoms with Gasteiger partial charge in [-0.1, -0.05) is 17.8 Å². The fourth-order valence-electron chi connectivity index (χ4n) is 2.53. The molecule has 0 saturated carbocycles. The van der Waals surface area contributed by atoms with Gasteiger partial charge in [0.2, 0.25) is 0 Å². The van der Waals surface area contributed by atoms with Gasteiger partial charge in [-0.05, 0) is 30.0 Å². The van der Waals surface area contributed by atoms with E-state index in [4.69, 9.17) is 10.5 Å². The molecule has 2 N–H and O–H groups in total. The van der Waals surface area contributed by atoms with Crippen LogP contribution in [0, 0.1) is 5.82 Å². The molecule has 0 unspecified atom stereocenters. The van der Waals surface area contributed by atoms with Crippen LogP contribution >= 0.6 is 11.8 Å². The summed E-state index contributed by atoms with van der Waals surface area (Å²) in [5.74, 6) is -0.561. The number of nitrogen functional groups attached to an aromatic ring is 1. The van der Waals surface area contributed by atoms with Crippen LogP contribution in [0.4, 0.5) is 10.1 Å². The van der Waals surface area contributed by atoms with Gasteiger partial charge < -0.3 is 10.5 Å². The van der Waals surface area contributed by atoms with E-state index in [1.165, 1.54) is 28.5 Å². The van der Waals surface area contributed by atoms with Crippen LogP contribution in [0.2, 0.25) is 0 Å². The molecule has 0 aliphatic heterocycles. The molecule has 0 aliphatic carbocycles. The summed E-state index contributed by atoms with van der Waals surface area (Å²) in [7, 11) is 1.56. The lowest BCUT2D eigenvalue weighted by Crippen LogP contribution is -2.25. The van der Waals surface area contributed by atoms with E-state index < -0.39 is 5.82 Å². The first-order valence-corrected chi connectivity index (χ1v) is 8.76. The predicted molar refractivity (Wildman–Crippen MR) is 97.3 cm³/mol. The number of nitrogens with two attached hydrogens (primary N) is 1. The first-order valence-electron chi connectivity index (χ1n) is 7.54. The zero-order valence-corrected chi connectivity index (χ0v) is 14.6. The van der Waals surface area contributed by atoms with Crippen LogP contribution in [-0.4, -0.2) is 34.5 Å². The summed E-state index contributed by atoms with van der Waals surface area (Å²) in [6, 6.07) is 6.01. The van der Waals surface area contributed by atoms with Crippen molar-refractivity contribution in [1.29, 1.82) is 0 Å². The third-order valence-electron chi connectivity index (χ3n) is 3.82. The van der Waals surface area contributed by atoms with Gasteiger partial charge in [-0.3, -0.25) is 9.36 Å². The summed E-state index contributed by atoms with van der Waals surface area (Å²) in [6.45, 7) is 0.690. The van der Waals surface area contributed by atoms with Crippen LogP contribution in [0.15, 0.2) is 40.4 Å². The molecular weight excluding hydrogens is 343 g/mol. The Morgan fingerprint density at radius 2 is 2.16 bits per heavy atom. The molecule has 0 amide bonds. The van der Waals surface area contributed by atoms with Crippen molar-refractivity contribution in [3.8, 4) is 11.1 Å². The number of nitrogens with zero attached hydrogens (tertiary/aromatic N) is 3. The first-order chi connectivity index (χ1) is 12.0. The van der Waals surface area contributed by atoms with Crippen molar-refractivity contribution in [3.05, 3.63) is 46.6 Å². The summed E-state index contributed by atoms with van der Waals surface area (Å²) >= 11 is 1.39. The summed E-state index contributed by atoms with van der Waals surface area (Å²) in [6.07, 6.45) is 3.53. The molecule has 6 nitrogen and oxygen atoms in total. The Hall–Kier alpha value is -2.45. The lowest BCUT2D eigenvalue weighted by molar-refractivity contribution is 0.187. The highest BCUT2D eigenvalue weighted by Gasteiger charge is 2.14. The third kappa shape index (κ3) is 3.35. The van der Waals surface area contributed by atoms with Gasteiger partial charge in [0.1, 0.15) is 11.5 Å². The van der Waals surface area contributed by atoms with Crippen LogP contribution in [0.25, 0.3) is 22.2 Å². The smallest absolute Gasteiger partial charge is 0.260 e. The van der Waals surface area contributed by atoms with E-state index in [1.54, 1.807) is 25.4 Å². The van der Waals surface area contributed by atoms with Crippen LogP contribution in [0.1, 0.15) is 0 Å². The normalized spacial score (nSPS) is 11.2. The summed E-state index contributed by atoms with van der Waals surface area (Å²) in [5, 5.41) is 1.27. The SMILES string of the molecule is COCCn1c(=O)c(-c2ccc(N)c(F)c2)cc2cnc(SC)nc21. The topological polar surface area (TPSA) is 83.0 Å². The Bertz CT molecular complexity index is 990. The van der Waals surface area contributed by atoms with Crippen LogP contribution < -0.4 is 11.3 Å². The molecule has 3 rings (SSSR count). The summed E-state index contributed by atoms with van der Waals surface area (Å²) < 4.78 is 20.5. The molecule has 0 atom stereocenters. The van der Waals surface area contributed by atoms with Crippen LogP contribution in [0.5, 0.6) is 0 Å². The Morgan fingerprint density at radius 3 is 2.84 bits per heavy atom. The minimum atomic E-state index is -0.561. The number of benzene rings is 1. The van der Waals surface area contributed by atoms with Gasteiger partial charge in [-0.25, -0.2) is 14.4 Å². The maximum atomic E-state index is 13.8. The monoisotopic (exact) mass is 360 g/mol. The van der Waals surface area contributed by atoms with Gasteiger partial charge in [0.15, 0.2) is 5.16 Å². The van der Waals surface area contributed by atoms with Gasteiger partial charge in [-0.2, -0.15) is 0 Å². The number of pyridine rings is 1. The highest BCUT2D eigenvalue weighted by atomic mass is 32.2. The largest absolute Gasteiger partial charge is 0.396 e. The highest BCUT2D eigenvalue weighted by Crippen LogP contribution is 2.24. The van der Waals surface area contributed by atoms with Gasteiger partial charge >= 0.3 is 0 Å². The van der Waals surface area contributed by atoms with Crippen molar-refractivity contribution in [1.82, 2.24) is 14.5 Å². The van der Waals surface area contributed by atoms with E-state index in [1.807, 2.05) is 6.26 Å². The second kappa shape index (κ2) is 7.20. The van der Waals surface area contributed by atoms with Crippen molar-refractivity contribution in [2.24, 2.45) is 0 Å². The molecule has 2 aromatic heterocycles. The number of rotatable bonds is 5. The van der Waals surface area contributed by atoms with Gasteiger partial charge in [0.25, 0.3) is 5.56 Å². The Morgan fingerprint density at radius 1 is 1.36 bits per heavy atom. The van der Waals surface area contributed by atoms with Gasteiger partial charge in [0, 0.05) is 24.3 Å². The molecule has 130 valence electrons. The third-order valence-corrected chi connectivity index (χ3v) is 4.38. The molecule has 25 heavy (non-hydrogen) atoms. The van der Waals surface area contributed by atoms with E-state index >= 15 is 0 Å². The molecule has 8 heteroatoms. The van der Waals surface area contributed by atoms with Crippen molar-refractivity contribution < 1.29 is 9.13 Å². The molecule has 0 spiro atoms. The van der Waals surface area contributed by atoms with Crippen molar-refractivity contribution in [2.75, 3.05) is 25.7 Å². The van der Waals surface area contributed by atoms with E-state index in [0.717, 1.165) is 0 Å². The molecule has 2 heterocycles. The number of fused-ring (bicyclic) bond motifs is 1. The predicted octanol–water partition coefficient (Wildman–Crippen LogP) is 2.55. The number of methoxy groups -OCH3 is 1. The van der Waals surface area contributed by atoms with E-state index in [-0.39, 0.29) is 11.2 Å². The molecule has 0 aliphatic rings. The molecular formula is C17H17FN4O2S. The standard InChI is InChI=1S/C17H17FN4O2S/c1-24-6-5-22-15-11(9-20-17(21-15)25-2)7-12(16(22)23)10-3-4-14(19)13(18)8-10/h3-4,7-9H,5-6,19H2,1-2H3. The van der Waals surface area contributed by atoms with Crippen molar-refractivity contribution >= 4 is 28.5 Å². The maximum Gasteiger partial charge on any atom is 0.260 e. The van der Waals surface area contributed by atoms with Crippen LogP contribution in [0.3, 0.4) is 0 Å². The van der Waals surface area contributed by atoms with Crippen molar-refractivity contribution in [3.63, 3.8) is 0 Å². The maximum absolute atomic E-state index is 13.8. The number of anilines is 1. The number of hydrogen-bond donors (Lipinski definition) is 1. The van der Waals surface area contributed by atoms with E-state index in [9.17, 15) is 9.18 Å². The first kappa shape index (κ1) is 17.4. The lowest BCUT2D eigenvalue weighted by Gasteiger charge is -2.12. The van der Waals surface area contributed by atoms with E-state index in [0.29, 0.717) is 40.5 Å².